The maximum atomic E-state index is 11.6. The Labute approximate surface area is 104 Å². The van der Waals surface area contributed by atoms with Gasteiger partial charge < -0.3 is 5.11 Å². The number of rotatable bonds is 4. The lowest BCUT2D eigenvalue weighted by molar-refractivity contribution is 0.0697. The topological polar surface area (TPSA) is 83.5 Å². The van der Waals surface area contributed by atoms with Crippen LogP contribution in [0.15, 0.2) is 18.2 Å². The maximum absolute atomic E-state index is 11.6. The Hall–Kier alpha value is -1.27. The smallest absolute Gasteiger partial charge is 0.337 e. The van der Waals surface area contributed by atoms with E-state index in [-0.39, 0.29) is 16.3 Å². The van der Waals surface area contributed by atoms with Crippen LogP contribution in [0.3, 0.4) is 0 Å². The molecule has 5 nitrogen and oxygen atoms in total. The fourth-order valence-electron chi connectivity index (χ4n) is 1.03. The normalized spacial score (nSPS) is 11.5. The van der Waals surface area contributed by atoms with Gasteiger partial charge in [0.25, 0.3) is 0 Å². The van der Waals surface area contributed by atoms with Crippen LogP contribution < -0.4 is 4.72 Å². The van der Waals surface area contributed by atoms with Crippen LogP contribution in [0.4, 0.5) is 5.69 Å². The molecule has 0 fully saturated rings. The van der Waals surface area contributed by atoms with Crippen molar-refractivity contribution in [3.63, 3.8) is 0 Å². The van der Waals surface area contributed by atoms with E-state index in [1.807, 2.05) is 0 Å². The molecule has 1 aromatic rings. The Morgan fingerprint density at radius 3 is 2.41 bits per heavy atom. The van der Waals surface area contributed by atoms with E-state index in [1.165, 1.54) is 32.0 Å². The molecule has 1 aromatic carbocycles. The minimum absolute atomic E-state index is 0.0125. The van der Waals surface area contributed by atoms with Gasteiger partial charge in [0.05, 0.1) is 21.5 Å². The molecule has 0 aromatic heterocycles. The summed E-state index contributed by atoms with van der Waals surface area (Å²) in [4.78, 5) is 10.7. The lowest BCUT2D eigenvalue weighted by atomic mass is 10.2. The number of carboxylic acid groups (broad SMARTS) is 1. The molecule has 0 aliphatic carbocycles. The average Bonchev–Trinajstić information content (AvgIpc) is 2.15. The number of nitrogens with one attached hydrogen (secondary N) is 1. The first-order valence-corrected chi connectivity index (χ1v) is 6.71. The summed E-state index contributed by atoms with van der Waals surface area (Å²) in [5, 5.41) is 8.16. The van der Waals surface area contributed by atoms with Crippen LogP contribution in [-0.2, 0) is 10.0 Å². The third kappa shape index (κ3) is 3.34. The standard InChI is InChI=1S/C10H12ClNO4S/c1-6(2)17(15,16)12-7-3-4-8(10(13)14)9(11)5-7/h3-6,12H,1-2H3,(H,13,14). The van der Waals surface area contributed by atoms with E-state index < -0.39 is 21.2 Å². The summed E-state index contributed by atoms with van der Waals surface area (Å²) < 4.78 is 25.4. The molecule has 0 heterocycles. The van der Waals surface area contributed by atoms with Crippen molar-refractivity contribution in [2.45, 2.75) is 19.1 Å². The Balaban J connectivity index is 3.04. The Bertz CT molecular complexity index is 539. The van der Waals surface area contributed by atoms with E-state index in [1.54, 1.807) is 0 Å². The second kappa shape index (κ2) is 4.93. The summed E-state index contributed by atoms with van der Waals surface area (Å²) in [5.41, 5.74) is 0.174. The van der Waals surface area contributed by atoms with Gasteiger partial charge in [0.1, 0.15) is 0 Å². The number of carboxylic acids is 1. The molecule has 0 spiro atoms. The van der Waals surface area contributed by atoms with Gasteiger partial charge in [0.15, 0.2) is 0 Å². The van der Waals surface area contributed by atoms with Gasteiger partial charge in [-0.3, -0.25) is 4.72 Å². The Morgan fingerprint density at radius 1 is 1.41 bits per heavy atom. The van der Waals surface area contributed by atoms with Crippen molar-refractivity contribution in [1.82, 2.24) is 0 Å². The van der Waals surface area contributed by atoms with Gasteiger partial charge in [0, 0.05) is 0 Å². The number of anilines is 1. The quantitative estimate of drug-likeness (QED) is 0.884. The summed E-state index contributed by atoms with van der Waals surface area (Å²) >= 11 is 5.72. The first kappa shape index (κ1) is 13.8. The van der Waals surface area contributed by atoms with Crippen LogP contribution in [0.5, 0.6) is 0 Å². The molecule has 0 atom stereocenters. The van der Waals surface area contributed by atoms with Crippen molar-refractivity contribution in [3.05, 3.63) is 28.8 Å². The Morgan fingerprint density at radius 2 is 2.00 bits per heavy atom. The second-order valence-corrected chi connectivity index (χ2v) is 6.34. The van der Waals surface area contributed by atoms with Gasteiger partial charge in [0.2, 0.25) is 10.0 Å². The SMILES string of the molecule is CC(C)S(=O)(=O)Nc1ccc(C(=O)O)c(Cl)c1. The number of halogens is 1. The fraction of sp³-hybridized carbons (Fsp3) is 0.300. The summed E-state index contributed by atoms with van der Waals surface area (Å²) in [6, 6.07) is 3.88. The zero-order valence-electron chi connectivity index (χ0n) is 9.27. The number of benzene rings is 1. The van der Waals surface area contributed by atoms with E-state index in [4.69, 9.17) is 16.7 Å². The van der Waals surface area contributed by atoms with Crippen LogP contribution in [-0.4, -0.2) is 24.7 Å². The molecule has 0 aliphatic heterocycles. The van der Waals surface area contributed by atoms with E-state index in [0.29, 0.717) is 0 Å². The molecule has 0 radical (unpaired) electrons. The largest absolute Gasteiger partial charge is 0.478 e. The lowest BCUT2D eigenvalue weighted by Gasteiger charge is -2.11. The predicted octanol–water partition coefficient (Wildman–Crippen LogP) is 2.19. The predicted molar refractivity (Wildman–Crippen MR) is 66.1 cm³/mol. The van der Waals surface area contributed by atoms with Gasteiger partial charge in [-0.15, -0.1) is 0 Å². The molecule has 0 aliphatic rings. The number of aromatic carboxylic acids is 1. The molecule has 7 heteroatoms. The van der Waals surface area contributed by atoms with Crippen LogP contribution in [0.1, 0.15) is 24.2 Å². The van der Waals surface area contributed by atoms with Crippen molar-refractivity contribution < 1.29 is 18.3 Å². The molecule has 94 valence electrons. The zero-order chi connectivity index (χ0) is 13.2. The highest BCUT2D eigenvalue weighted by atomic mass is 35.5. The molecule has 2 N–H and O–H groups in total. The van der Waals surface area contributed by atoms with Crippen LogP contribution >= 0.6 is 11.6 Å². The molecule has 0 saturated carbocycles. The van der Waals surface area contributed by atoms with Crippen LogP contribution in [0, 0.1) is 0 Å². The van der Waals surface area contributed by atoms with Gasteiger partial charge in [-0.2, -0.15) is 0 Å². The van der Waals surface area contributed by atoms with Crippen molar-refractivity contribution in [3.8, 4) is 0 Å². The molecule has 0 unspecified atom stereocenters. The highest BCUT2D eigenvalue weighted by Crippen LogP contribution is 2.22. The van der Waals surface area contributed by atoms with Crippen molar-refractivity contribution in [1.29, 1.82) is 0 Å². The average molecular weight is 278 g/mol. The maximum Gasteiger partial charge on any atom is 0.337 e. The second-order valence-electron chi connectivity index (χ2n) is 3.70. The minimum atomic E-state index is -3.46. The number of hydrogen-bond acceptors (Lipinski definition) is 3. The summed E-state index contributed by atoms with van der Waals surface area (Å²) in [6.45, 7) is 3.07. The third-order valence-corrected chi connectivity index (χ3v) is 4.15. The molecule has 0 amide bonds. The van der Waals surface area contributed by atoms with Crippen molar-refractivity contribution in [2.75, 3.05) is 4.72 Å². The highest BCUT2D eigenvalue weighted by molar-refractivity contribution is 7.93. The van der Waals surface area contributed by atoms with Gasteiger partial charge in [-0.25, -0.2) is 13.2 Å². The van der Waals surface area contributed by atoms with E-state index in [9.17, 15) is 13.2 Å². The first-order chi connectivity index (χ1) is 7.74. The van der Waals surface area contributed by atoms with Gasteiger partial charge in [-0.05, 0) is 32.0 Å². The molecule has 0 saturated heterocycles. The monoisotopic (exact) mass is 277 g/mol. The van der Waals surface area contributed by atoms with E-state index >= 15 is 0 Å². The zero-order valence-corrected chi connectivity index (χ0v) is 10.8. The molecule has 0 bridgehead atoms. The summed E-state index contributed by atoms with van der Waals surface area (Å²) in [7, 11) is -3.46. The molecular formula is C10H12ClNO4S. The minimum Gasteiger partial charge on any atom is -0.478 e. The Kier molecular flexibility index (Phi) is 4.00. The third-order valence-electron chi connectivity index (χ3n) is 2.08. The number of hydrogen-bond donors (Lipinski definition) is 2. The lowest BCUT2D eigenvalue weighted by Crippen LogP contribution is -2.22. The van der Waals surface area contributed by atoms with Crippen molar-refractivity contribution >= 4 is 33.3 Å². The van der Waals surface area contributed by atoms with Crippen LogP contribution in [0.2, 0.25) is 5.02 Å². The number of carbonyl (C=O) groups is 1. The molecule has 1 rings (SSSR count). The van der Waals surface area contributed by atoms with Gasteiger partial charge in [-0.1, -0.05) is 11.6 Å². The van der Waals surface area contributed by atoms with Crippen molar-refractivity contribution in [2.24, 2.45) is 0 Å². The van der Waals surface area contributed by atoms with E-state index in [0.717, 1.165) is 0 Å². The van der Waals surface area contributed by atoms with E-state index in [2.05, 4.69) is 4.72 Å². The summed E-state index contributed by atoms with van der Waals surface area (Å²) in [6.07, 6.45) is 0. The number of sulfonamides is 1. The van der Waals surface area contributed by atoms with Gasteiger partial charge >= 0.3 is 5.97 Å². The highest BCUT2D eigenvalue weighted by Gasteiger charge is 2.16. The fourth-order valence-corrected chi connectivity index (χ4v) is 1.99. The van der Waals surface area contributed by atoms with Crippen LogP contribution in [0.25, 0.3) is 0 Å². The molecule has 17 heavy (non-hydrogen) atoms. The first-order valence-electron chi connectivity index (χ1n) is 4.78. The summed E-state index contributed by atoms with van der Waals surface area (Å²) in [5.74, 6) is -1.16. The molecular weight excluding hydrogens is 266 g/mol.